The molecule has 0 fully saturated rings. The van der Waals surface area contributed by atoms with Crippen molar-refractivity contribution in [2.24, 2.45) is 0 Å². The second kappa shape index (κ2) is 8.76. The normalized spacial score (nSPS) is 12.0. The molecule has 0 aliphatic rings. The first-order valence-corrected chi connectivity index (χ1v) is 8.57. The molecule has 128 valence electrons. The standard InChI is InChI=1S/C19H26N4S/c1-15-8-5-6-10-18(15)21-19(24)23(13-12-22(3)4)16(2)17-9-7-11-20-14-17/h5-11,14,16H,12-13H2,1-4H3,(H,21,24)/t16-/m1/s1. The summed E-state index contributed by atoms with van der Waals surface area (Å²) in [5, 5.41) is 4.14. The molecule has 4 nitrogen and oxygen atoms in total. The Morgan fingerprint density at radius 3 is 2.54 bits per heavy atom. The molecule has 0 aliphatic heterocycles. The molecule has 5 heteroatoms. The SMILES string of the molecule is Cc1ccccc1NC(=S)N(CCN(C)C)[C@H](C)c1cccnc1. The number of aromatic nitrogens is 1. The van der Waals surface area contributed by atoms with Crippen LogP contribution < -0.4 is 5.32 Å². The van der Waals surface area contributed by atoms with Crippen LogP contribution in [0.5, 0.6) is 0 Å². The number of thiocarbonyl (C=S) groups is 1. The predicted octanol–water partition coefficient (Wildman–Crippen LogP) is 3.71. The fourth-order valence-electron chi connectivity index (χ4n) is 2.48. The van der Waals surface area contributed by atoms with Crippen molar-refractivity contribution in [3.63, 3.8) is 0 Å². The maximum Gasteiger partial charge on any atom is 0.173 e. The third-order valence-electron chi connectivity index (χ3n) is 4.07. The van der Waals surface area contributed by atoms with Crippen LogP contribution in [0.25, 0.3) is 0 Å². The highest BCUT2D eigenvalue weighted by Crippen LogP contribution is 2.21. The highest BCUT2D eigenvalue weighted by molar-refractivity contribution is 7.80. The molecule has 0 radical (unpaired) electrons. The monoisotopic (exact) mass is 342 g/mol. The van der Waals surface area contributed by atoms with Gasteiger partial charge in [0.05, 0.1) is 6.04 Å². The van der Waals surface area contributed by atoms with E-state index in [9.17, 15) is 0 Å². The van der Waals surface area contributed by atoms with Crippen molar-refractivity contribution in [2.75, 3.05) is 32.5 Å². The molecular formula is C19H26N4S. The van der Waals surface area contributed by atoms with Gasteiger partial charge in [0.25, 0.3) is 0 Å². The van der Waals surface area contributed by atoms with Gasteiger partial charge < -0.3 is 15.1 Å². The summed E-state index contributed by atoms with van der Waals surface area (Å²) in [7, 11) is 4.15. The summed E-state index contributed by atoms with van der Waals surface area (Å²) < 4.78 is 0. The molecular weight excluding hydrogens is 316 g/mol. The van der Waals surface area contributed by atoms with E-state index in [2.05, 4.69) is 66.2 Å². The minimum atomic E-state index is 0.155. The van der Waals surface area contributed by atoms with E-state index in [-0.39, 0.29) is 6.04 Å². The number of rotatable bonds is 6. The van der Waals surface area contributed by atoms with Crippen LogP contribution in [-0.2, 0) is 0 Å². The molecule has 1 aromatic heterocycles. The Hall–Kier alpha value is -1.98. The second-order valence-electron chi connectivity index (χ2n) is 6.20. The number of aryl methyl sites for hydroxylation is 1. The molecule has 0 spiro atoms. The lowest BCUT2D eigenvalue weighted by atomic mass is 10.1. The van der Waals surface area contributed by atoms with Crippen molar-refractivity contribution in [1.29, 1.82) is 0 Å². The van der Waals surface area contributed by atoms with E-state index in [1.165, 1.54) is 5.56 Å². The van der Waals surface area contributed by atoms with Crippen LogP contribution in [0.1, 0.15) is 24.1 Å². The molecule has 0 bridgehead atoms. The Morgan fingerprint density at radius 2 is 1.92 bits per heavy atom. The lowest BCUT2D eigenvalue weighted by Gasteiger charge is -2.33. The summed E-state index contributed by atoms with van der Waals surface area (Å²) in [5.41, 5.74) is 3.39. The Balaban J connectivity index is 2.18. The van der Waals surface area contributed by atoms with Crippen molar-refractivity contribution < 1.29 is 0 Å². The molecule has 1 aromatic carbocycles. The average molecular weight is 343 g/mol. The molecule has 24 heavy (non-hydrogen) atoms. The fraction of sp³-hybridized carbons (Fsp3) is 0.368. The number of hydrogen-bond donors (Lipinski definition) is 1. The fourth-order valence-corrected chi connectivity index (χ4v) is 2.84. The van der Waals surface area contributed by atoms with Gasteiger partial charge in [-0.1, -0.05) is 24.3 Å². The highest BCUT2D eigenvalue weighted by Gasteiger charge is 2.19. The quantitative estimate of drug-likeness (QED) is 0.809. The van der Waals surface area contributed by atoms with Crippen LogP contribution in [0.4, 0.5) is 5.69 Å². The third-order valence-corrected chi connectivity index (χ3v) is 4.41. The number of nitrogens with one attached hydrogen (secondary N) is 1. The maximum atomic E-state index is 5.72. The molecule has 1 N–H and O–H groups in total. The van der Waals surface area contributed by atoms with Crippen molar-refractivity contribution in [3.8, 4) is 0 Å². The van der Waals surface area contributed by atoms with Gasteiger partial charge >= 0.3 is 0 Å². The number of pyridine rings is 1. The number of likely N-dealkylation sites (N-methyl/N-ethyl adjacent to an activating group) is 1. The zero-order valence-corrected chi connectivity index (χ0v) is 15.7. The zero-order valence-electron chi connectivity index (χ0n) is 14.9. The van der Waals surface area contributed by atoms with Crippen LogP contribution >= 0.6 is 12.2 Å². The summed E-state index contributed by atoms with van der Waals surface area (Å²) >= 11 is 5.72. The highest BCUT2D eigenvalue weighted by atomic mass is 32.1. The van der Waals surface area contributed by atoms with Gasteiger partial charge in [-0.15, -0.1) is 0 Å². The lowest BCUT2D eigenvalue weighted by molar-refractivity contribution is 0.289. The molecule has 2 aromatic rings. The first-order valence-electron chi connectivity index (χ1n) is 8.17. The van der Waals surface area contributed by atoms with Crippen molar-refractivity contribution in [2.45, 2.75) is 19.9 Å². The van der Waals surface area contributed by atoms with Crippen molar-refractivity contribution in [1.82, 2.24) is 14.8 Å². The summed E-state index contributed by atoms with van der Waals surface area (Å²) in [6, 6.07) is 12.4. The molecule has 1 atom stereocenters. The number of nitrogens with zero attached hydrogens (tertiary/aromatic N) is 3. The van der Waals surface area contributed by atoms with E-state index in [0.29, 0.717) is 0 Å². The van der Waals surface area contributed by atoms with Gasteiger partial charge in [0, 0.05) is 31.2 Å². The van der Waals surface area contributed by atoms with Gasteiger partial charge in [-0.25, -0.2) is 0 Å². The summed E-state index contributed by atoms with van der Waals surface area (Å²) in [5.74, 6) is 0. The number of anilines is 1. The largest absolute Gasteiger partial charge is 0.341 e. The average Bonchev–Trinajstić information content (AvgIpc) is 2.57. The Kier molecular flexibility index (Phi) is 6.70. The number of benzene rings is 1. The van der Waals surface area contributed by atoms with E-state index >= 15 is 0 Å². The van der Waals surface area contributed by atoms with Gasteiger partial charge in [-0.05, 0) is 63.4 Å². The molecule has 0 unspecified atom stereocenters. The molecule has 2 rings (SSSR count). The maximum absolute atomic E-state index is 5.72. The van der Waals surface area contributed by atoms with Crippen molar-refractivity contribution >= 4 is 23.0 Å². The summed E-state index contributed by atoms with van der Waals surface area (Å²) in [4.78, 5) is 8.63. The van der Waals surface area contributed by atoms with Gasteiger partial charge in [0.15, 0.2) is 5.11 Å². The smallest absolute Gasteiger partial charge is 0.173 e. The van der Waals surface area contributed by atoms with E-state index in [1.54, 1.807) is 6.20 Å². The van der Waals surface area contributed by atoms with Crippen LogP contribution in [0.2, 0.25) is 0 Å². The summed E-state index contributed by atoms with van der Waals surface area (Å²) in [6.45, 7) is 6.03. The van der Waals surface area contributed by atoms with Crippen LogP contribution in [0.15, 0.2) is 48.8 Å². The van der Waals surface area contributed by atoms with Crippen molar-refractivity contribution in [3.05, 3.63) is 59.9 Å². The van der Waals surface area contributed by atoms with Crippen LogP contribution in [0, 0.1) is 6.92 Å². The third kappa shape index (κ3) is 5.01. The van der Waals surface area contributed by atoms with Gasteiger partial charge in [0.2, 0.25) is 0 Å². The van der Waals surface area contributed by atoms with Gasteiger partial charge in [-0.3, -0.25) is 4.98 Å². The Morgan fingerprint density at radius 1 is 1.17 bits per heavy atom. The summed E-state index contributed by atoms with van der Waals surface area (Å²) in [6.07, 6.45) is 3.70. The second-order valence-corrected chi connectivity index (χ2v) is 6.59. The van der Waals surface area contributed by atoms with Crippen LogP contribution in [0.3, 0.4) is 0 Å². The number of hydrogen-bond acceptors (Lipinski definition) is 3. The molecule has 0 amide bonds. The first kappa shape index (κ1) is 18.4. The molecule has 1 heterocycles. The van der Waals surface area contributed by atoms with E-state index in [1.807, 2.05) is 24.4 Å². The Bertz CT molecular complexity index is 657. The zero-order chi connectivity index (χ0) is 17.5. The van der Waals surface area contributed by atoms with E-state index in [4.69, 9.17) is 12.2 Å². The minimum Gasteiger partial charge on any atom is -0.341 e. The lowest BCUT2D eigenvalue weighted by Crippen LogP contribution is -2.41. The molecule has 0 saturated carbocycles. The van der Waals surface area contributed by atoms with Crippen LogP contribution in [-0.4, -0.2) is 47.1 Å². The predicted molar refractivity (Wildman–Crippen MR) is 105 cm³/mol. The Labute approximate surface area is 150 Å². The van der Waals surface area contributed by atoms with Gasteiger partial charge in [0.1, 0.15) is 0 Å². The van der Waals surface area contributed by atoms with Gasteiger partial charge in [-0.2, -0.15) is 0 Å². The minimum absolute atomic E-state index is 0.155. The number of para-hydroxylation sites is 1. The van der Waals surface area contributed by atoms with E-state index in [0.717, 1.165) is 29.5 Å². The molecule has 0 aliphatic carbocycles. The van der Waals surface area contributed by atoms with E-state index < -0.39 is 0 Å². The first-order chi connectivity index (χ1) is 11.5. The molecule has 0 saturated heterocycles. The topological polar surface area (TPSA) is 31.4 Å².